The van der Waals surface area contributed by atoms with Crippen LogP contribution in [0.2, 0.25) is 0 Å². The zero-order valence-corrected chi connectivity index (χ0v) is 9.82. The second-order valence-electron chi connectivity index (χ2n) is 3.37. The van der Waals surface area contributed by atoms with Gasteiger partial charge in [0.1, 0.15) is 11.6 Å². The molecule has 4 heteroatoms. The second kappa shape index (κ2) is 6.01. The predicted octanol–water partition coefficient (Wildman–Crippen LogP) is 3.40. The summed E-state index contributed by atoms with van der Waals surface area (Å²) in [6.45, 7) is 0. The van der Waals surface area contributed by atoms with Crippen molar-refractivity contribution < 1.29 is 4.39 Å². The summed E-state index contributed by atoms with van der Waals surface area (Å²) in [5.74, 6) is 0.250. The topological polar surface area (TPSA) is 38.9 Å². The summed E-state index contributed by atoms with van der Waals surface area (Å²) in [6, 6.07) is 11.7. The first-order valence-electron chi connectivity index (χ1n) is 4.90. The van der Waals surface area contributed by atoms with Gasteiger partial charge in [0.15, 0.2) is 0 Å². The van der Waals surface area contributed by atoms with Gasteiger partial charge in [-0.2, -0.15) is 0 Å². The molecule has 2 rings (SSSR count). The second-order valence-corrected chi connectivity index (χ2v) is 3.37. The molecule has 0 aliphatic heterocycles. The lowest BCUT2D eigenvalue weighted by Gasteiger charge is -1.95. The van der Waals surface area contributed by atoms with Gasteiger partial charge in [0.25, 0.3) is 0 Å². The van der Waals surface area contributed by atoms with E-state index in [1.54, 1.807) is 18.2 Å². The van der Waals surface area contributed by atoms with E-state index in [2.05, 4.69) is 4.98 Å². The van der Waals surface area contributed by atoms with E-state index in [1.807, 2.05) is 24.3 Å². The van der Waals surface area contributed by atoms with Crippen LogP contribution in [0.3, 0.4) is 0 Å². The lowest BCUT2D eigenvalue weighted by molar-refractivity contribution is 0.628. The van der Waals surface area contributed by atoms with Gasteiger partial charge < -0.3 is 5.73 Å². The standard InChI is InChI=1S/C13H11FN2.ClH/c14-11-7-4-10(5-8-11)6-9-12-2-1-3-13(15)16-12;/h1-9H,(H2,15,16);1H. The van der Waals surface area contributed by atoms with Crippen molar-refractivity contribution in [2.24, 2.45) is 0 Å². The van der Waals surface area contributed by atoms with Gasteiger partial charge in [0, 0.05) is 0 Å². The van der Waals surface area contributed by atoms with Gasteiger partial charge >= 0.3 is 0 Å². The number of rotatable bonds is 2. The van der Waals surface area contributed by atoms with Gasteiger partial charge in [-0.15, -0.1) is 12.4 Å². The van der Waals surface area contributed by atoms with Crippen LogP contribution in [0.5, 0.6) is 0 Å². The molecule has 0 spiro atoms. The van der Waals surface area contributed by atoms with Gasteiger partial charge in [0.2, 0.25) is 0 Å². The number of benzene rings is 1. The highest BCUT2D eigenvalue weighted by atomic mass is 35.5. The Hall–Kier alpha value is -1.87. The molecule has 0 radical (unpaired) electrons. The Morgan fingerprint density at radius 1 is 1.00 bits per heavy atom. The minimum absolute atomic E-state index is 0. The van der Waals surface area contributed by atoms with Crippen molar-refractivity contribution >= 4 is 30.4 Å². The molecule has 0 saturated carbocycles. The van der Waals surface area contributed by atoms with Gasteiger partial charge in [-0.3, -0.25) is 0 Å². The summed E-state index contributed by atoms with van der Waals surface area (Å²) in [4.78, 5) is 4.12. The van der Waals surface area contributed by atoms with Gasteiger partial charge in [-0.25, -0.2) is 9.37 Å². The SMILES string of the molecule is Cl.Nc1cccc(C=Cc2ccc(F)cc2)n1. The van der Waals surface area contributed by atoms with Crippen molar-refractivity contribution in [3.8, 4) is 0 Å². The van der Waals surface area contributed by atoms with Crippen molar-refractivity contribution in [3.05, 3.63) is 59.5 Å². The van der Waals surface area contributed by atoms with E-state index >= 15 is 0 Å². The Balaban J connectivity index is 0.00000144. The van der Waals surface area contributed by atoms with E-state index < -0.39 is 0 Å². The minimum atomic E-state index is -0.237. The lowest BCUT2D eigenvalue weighted by atomic mass is 10.2. The van der Waals surface area contributed by atoms with Crippen molar-refractivity contribution in [1.29, 1.82) is 0 Å². The van der Waals surface area contributed by atoms with Crippen LogP contribution in [0, 0.1) is 5.82 Å². The molecule has 2 nitrogen and oxygen atoms in total. The first-order valence-corrected chi connectivity index (χ1v) is 4.90. The Kier molecular flexibility index (Phi) is 4.67. The van der Waals surface area contributed by atoms with Crippen LogP contribution in [0.4, 0.5) is 10.2 Å². The van der Waals surface area contributed by atoms with Crippen LogP contribution in [0.15, 0.2) is 42.5 Å². The zero-order valence-electron chi connectivity index (χ0n) is 9.01. The van der Waals surface area contributed by atoms with Crippen LogP contribution in [0.1, 0.15) is 11.3 Å². The molecule has 2 N–H and O–H groups in total. The number of nitrogens with zero attached hydrogens (tertiary/aromatic N) is 1. The maximum absolute atomic E-state index is 12.6. The average Bonchev–Trinajstić information content (AvgIpc) is 2.28. The van der Waals surface area contributed by atoms with Crippen LogP contribution >= 0.6 is 12.4 Å². The highest BCUT2D eigenvalue weighted by Crippen LogP contribution is 2.08. The number of aromatic nitrogens is 1. The minimum Gasteiger partial charge on any atom is -0.384 e. The van der Waals surface area contributed by atoms with E-state index in [9.17, 15) is 4.39 Å². The van der Waals surface area contributed by atoms with E-state index in [0.717, 1.165) is 11.3 Å². The highest BCUT2D eigenvalue weighted by Gasteiger charge is 1.91. The number of halogens is 2. The Bertz CT molecular complexity index is 509. The maximum atomic E-state index is 12.6. The van der Waals surface area contributed by atoms with Gasteiger partial charge in [0.05, 0.1) is 5.69 Å². The molecule has 1 heterocycles. The molecule has 88 valence electrons. The third-order valence-electron chi connectivity index (χ3n) is 2.11. The molecule has 0 aliphatic carbocycles. The lowest BCUT2D eigenvalue weighted by Crippen LogP contribution is -1.90. The molecule has 17 heavy (non-hydrogen) atoms. The monoisotopic (exact) mass is 250 g/mol. The molecular formula is C13H12ClFN2. The van der Waals surface area contributed by atoms with Crippen molar-refractivity contribution in [2.45, 2.75) is 0 Å². The molecule has 0 bridgehead atoms. The van der Waals surface area contributed by atoms with Crippen LogP contribution < -0.4 is 5.73 Å². The molecule has 1 aromatic carbocycles. The normalized spacial score (nSPS) is 10.2. The van der Waals surface area contributed by atoms with Crippen LogP contribution in [-0.4, -0.2) is 4.98 Å². The Labute approximate surface area is 105 Å². The molecule has 0 aliphatic rings. The fourth-order valence-electron chi connectivity index (χ4n) is 1.32. The number of anilines is 1. The number of hydrogen-bond acceptors (Lipinski definition) is 2. The van der Waals surface area contributed by atoms with E-state index in [0.29, 0.717) is 5.82 Å². The molecule has 0 atom stereocenters. The fourth-order valence-corrected chi connectivity index (χ4v) is 1.32. The summed E-state index contributed by atoms with van der Waals surface area (Å²) in [5, 5.41) is 0. The molecule has 1 aromatic heterocycles. The third kappa shape index (κ3) is 3.89. The van der Waals surface area contributed by atoms with E-state index in [4.69, 9.17) is 5.73 Å². The summed E-state index contributed by atoms with van der Waals surface area (Å²) in [7, 11) is 0. The highest BCUT2D eigenvalue weighted by molar-refractivity contribution is 5.85. The fraction of sp³-hybridized carbons (Fsp3) is 0. The first-order chi connectivity index (χ1) is 7.74. The summed E-state index contributed by atoms with van der Waals surface area (Å²) < 4.78 is 12.6. The number of pyridine rings is 1. The van der Waals surface area contributed by atoms with Gasteiger partial charge in [-0.1, -0.05) is 24.3 Å². The number of nitrogen functional groups attached to an aromatic ring is 1. The quantitative estimate of drug-likeness (QED) is 0.887. The molecule has 0 saturated heterocycles. The van der Waals surface area contributed by atoms with Crippen LogP contribution in [-0.2, 0) is 0 Å². The summed E-state index contributed by atoms with van der Waals surface area (Å²) in [6.07, 6.45) is 3.70. The van der Waals surface area contributed by atoms with Crippen molar-refractivity contribution in [2.75, 3.05) is 5.73 Å². The first kappa shape index (κ1) is 13.2. The Morgan fingerprint density at radius 2 is 1.71 bits per heavy atom. The largest absolute Gasteiger partial charge is 0.384 e. The average molecular weight is 251 g/mol. The molecular weight excluding hydrogens is 239 g/mol. The molecule has 0 unspecified atom stereocenters. The van der Waals surface area contributed by atoms with Crippen LogP contribution in [0.25, 0.3) is 12.2 Å². The summed E-state index contributed by atoms with van der Waals surface area (Å²) in [5.41, 5.74) is 7.26. The maximum Gasteiger partial charge on any atom is 0.124 e. The number of nitrogens with two attached hydrogens (primary N) is 1. The van der Waals surface area contributed by atoms with E-state index in [1.165, 1.54) is 12.1 Å². The Morgan fingerprint density at radius 3 is 2.35 bits per heavy atom. The molecule has 0 fully saturated rings. The smallest absolute Gasteiger partial charge is 0.124 e. The predicted molar refractivity (Wildman–Crippen MR) is 71.2 cm³/mol. The molecule has 0 amide bonds. The third-order valence-corrected chi connectivity index (χ3v) is 2.11. The van der Waals surface area contributed by atoms with E-state index in [-0.39, 0.29) is 18.2 Å². The summed E-state index contributed by atoms with van der Waals surface area (Å²) >= 11 is 0. The molecule has 2 aromatic rings. The zero-order chi connectivity index (χ0) is 11.4. The van der Waals surface area contributed by atoms with Crippen molar-refractivity contribution in [1.82, 2.24) is 4.98 Å². The van der Waals surface area contributed by atoms with Crippen molar-refractivity contribution in [3.63, 3.8) is 0 Å². The van der Waals surface area contributed by atoms with Gasteiger partial charge in [-0.05, 0) is 35.9 Å². The number of hydrogen-bond donors (Lipinski definition) is 1.